The molecule has 0 radical (unpaired) electrons. The molecule has 14 rings (SSSR count). The van der Waals surface area contributed by atoms with E-state index in [2.05, 4.69) is 152 Å². The second-order valence-corrected chi connectivity index (χ2v) is 36.4. The van der Waals surface area contributed by atoms with Crippen molar-refractivity contribution in [1.82, 2.24) is 0 Å². The molecule has 0 aliphatic heterocycles. The van der Waals surface area contributed by atoms with Crippen molar-refractivity contribution in [2.24, 2.45) is 94.7 Å². The number of halogens is 2. The van der Waals surface area contributed by atoms with Crippen molar-refractivity contribution in [1.29, 1.82) is 0 Å². The fourth-order valence-corrected chi connectivity index (χ4v) is 22.3. The molecule has 4 aromatic carbocycles. The summed E-state index contributed by atoms with van der Waals surface area (Å²) in [5.41, 5.74) is 9.89. The fourth-order valence-electron chi connectivity index (χ4n) is 22.3. The van der Waals surface area contributed by atoms with Crippen LogP contribution in [0, 0.1) is 127 Å². The number of allylic oxidation sites excluding steroid dienone is 3. The van der Waals surface area contributed by atoms with E-state index in [9.17, 15) is 8.78 Å². The maximum Gasteiger partial charge on any atom is 0.159 e. The summed E-state index contributed by atoms with van der Waals surface area (Å²) in [6, 6.07) is 32.3. The molecule has 2 heteroatoms. The van der Waals surface area contributed by atoms with E-state index >= 15 is 0 Å². The van der Waals surface area contributed by atoms with Crippen LogP contribution < -0.4 is 0 Å². The molecule has 10 fully saturated rings. The van der Waals surface area contributed by atoms with Crippen LogP contribution in [0.4, 0.5) is 8.78 Å². The summed E-state index contributed by atoms with van der Waals surface area (Å²) in [5.74, 6) is 17.2. The minimum absolute atomic E-state index is 0. The van der Waals surface area contributed by atoms with E-state index < -0.39 is 11.6 Å². The lowest BCUT2D eigenvalue weighted by Gasteiger charge is -2.38. The summed E-state index contributed by atoms with van der Waals surface area (Å²) in [6.45, 7) is 25.6. The molecule has 0 amide bonds. The zero-order chi connectivity index (χ0) is 70.2. The van der Waals surface area contributed by atoms with E-state index in [-0.39, 0.29) is 14.3 Å². The maximum atomic E-state index is 13.4. The van der Waals surface area contributed by atoms with Crippen LogP contribution in [0.15, 0.2) is 129 Å². The smallest absolute Gasteiger partial charge is 0.159 e. The predicted octanol–water partition coefficient (Wildman–Crippen LogP) is 32.7. The molecule has 4 aromatic rings. The number of rotatable bonds is 14. The predicted molar refractivity (Wildman–Crippen MR) is 449 cm³/mol. The molecule has 10 aliphatic carbocycles. The third-order valence-corrected chi connectivity index (χ3v) is 29.6. The second kappa shape index (κ2) is 41.0. The van der Waals surface area contributed by atoms with Crippen LogP contribution in [-0.4, -0.2) is 0 Å². The van der Waals surface area contributed by atoms with Crippen LogP contribution in [0.1, 0.15) is 367 Å². The van der Waals surface area contributed by atoms with Gasteiger partial charge in [-0.2, -0.15) is 0 Å². The van der Waals surface area contributed by atoms with Crippen LogP contribution in [-0.2, 0) is 0 Å². The van der Waals surface area contributed by atoms with Crippen LogP contribution in [0.5, 0.6) is 0 Å². The van der Waals surface area contributed by atoms with Gasteiger partial charge in [0, 0.05) is 14.3 Å². The number of benzene rings is 4. The third kappa shape index (κ3) is 24.3. The zero-order valence-corrected chi connectivity index (χ0v) is 65.0. The van der Waals surface area contributed by atoms with Crippen molar-refractivity contribution >= 4 is 0 Å². The van der Waals surface area contributed by atoms with E-state index in [0.29, 0.717) is 5.92 Å². The highest BCUT2D eigenvalue weighted by Gasteiger charge is 2.36. The lowest BCUT2D eigenvalue weighted by Crippen LogP contribution is -2.25. The van der Waals surface area contributed by atoms with Gasteiger partial charge in [-0.15, -0.1) is 19.7 Å². The largest absolute Gasteiger partial charge is 0.204 e. The van der Waals surface area contributed by atoms with Gasteiger partial charge >= 0.3 is 0 Å². The highest BCUT2D eigenvalue weighted by molar-refractivity contribution is 5.28. The van der Waals surface area contributed by atoms with Crippen molar-refractivity contribution in [3.05, 3.63) is 180 Å². The van der Waals surface area contributed by atoms with Gasteiger partial charge in [-0.05, 0) is 392 Å². The van der Waals surface area contributed by atoms with Gasteiger partial charge in [-0.25, -0.2) is 8.78 Å². The Labute approximate surface area is 629 Å². The van der Waals surface area contributed by atoms with Crippen LogP contribution in [0.2, 0.25) is 0 Å². The van der Waals surface area contributed by atoms with Crippen LogP contribution in [0.25, 0.3) is 0 Å². The Morgan fingerprint density at radius 3 is 0.770 bits per heavy atom. The second-order valence-electron chi connectivity index (χ2n) is 36.4. The Kier molecular flexibility index (Phi) is 32.2. The van der Waals surface area contributed by atoms with Crippen molar-refractivity contribution in [2.45, 2.75) is 335 Å². The Morgan fingerprint density at radius 2 is 0.520 bits per heavy atom. The molecule has 0 saturated heterocycles. The first-order valence-electron chi connectivity index (χ1n) is 43.2. The molecule has 0 unspecified atom stereocenters. The Hall–Kier alpha value is -4.04. The lowest BCUT2D eigenvalue weighted by molar-refractivity contribution is 0.155. The highest BCUT2D eigenvalue weighted by Crippen LogP contribution is 2.49. The van der Waals surface area contributed by atoms with Crippen LogP contribution >= 0.6 is 0 Å². The van der Waals surface area contributed by atoms with E-state index in [0.717, 1.165) is 131 Å². The molecule has 0 spiro atoms. The van der Waals surface area contributed by atoms with Gasteiger partial charge in [0.05, 0.1) is 0 Å². The van der Waals surface area contributed by atoms with E-state index in [1.807, 2.05) is 0 Å². The summed E-state index contributed by atoms with van der Waals surface area (Å²) in [7, 11) is 0. The SMILES string of the molecule is C=CC1CCC(C2CCC(c3ccc(C)cc3)CC2)CC1.C=CC1CCC(C2CCC(c3ccc(F)c(F)c3)CC2)CC1.C=CCCC1CCC(C2CCC(c3ccc(C)cc3)CC2)CC1.CC1CCC(C2CCC(C)CC2)CC1.Cc1ccc(C2CCC(C3CCC(C)CC3)CC2)cc1.[HH].[HH].[HH].[HH].[HH].[HH].[HH].[HH].[HH].[HH]. The summed E-state index contributed by atoms with van der Waals surface area (Å²) < 4.78 is 26.4. The third-order valence-electron chi connectivity index (χ3n) is 29.6. The quantitative estimate of drug-likeness (QED) is 0.110. The fraction of sp³-hybridized carbons (Fsp3) is 0.694. The van der Waals surface area contributed by atoms with Gasteiger partial charge in [-0.1, -0.05) is 186 Å². The molecular weight excluding hydrogens is 1220 g/mol. The van der Waals surface area contributed by atoms with E-state index in [4.69, 9.17) is 0 Å². The average Bonchev–Trinajstić information content (AvgIpc) is 0.837. The van der Waals surface area contributed by atoms with Crippen molar-refractivity contribution in [3.8, 4) is 0 Å². The zero-order valence-electron chi connectivity index (χ0n) is 65.0. The number of hydrogen-bond donors (Lipinski definition) is 0. The number of hydrogen-bond acceptors (Lipinski definition) is 0. The van der Waals surface area contributed by atoms with Gasteiger partial charge in [-0.3, -0.25) is 0 Å². The summed E-state index contributed by atoms with van der Waals surface area (Å²) >= 11 is 0. The topological polar surface area (TPSA) is 0 Å². The van der Waals surface area contributed by atoms with E-state index in [1.54, 1.807) is 48.4 Å². The minimum atomic E-state index is -0.739. The Bertz CT molecular complexity index is 2910. The first-order chi connectivity index (χ1) is 48.7. The molecule has 10 aliphatic rings. The van der Waals surface area contributed by atoms with Crippen molar-refractivity contribution in [3.63, 3.8) is 0 Å². The molecule has 572 valence electrons. The monoisotopic (exact) mass is 1380 g/mol. The minimum Gasteiger partial charge on any atom is -0.204 e. The summed E-state index contributed by atoms with van der Waals surface area (Å²) in [6.07, 6.45) is 66.3. The van der Waals surface area contributed by atoms with Gasteiger partial charge in [0.15, 0.2) is 11.6 Å². The van der Waals surface area contributed by atoms with Crippen LogP contribution in [0.3, 0.4) is 0 Å². The maximum absolute atomic E-state index is 13.4. The molecule has 0 aromatic heterocycles. The van der Waals surface area contributed by atoms with Gasteiger partial charge in [0.25, 0.3) is 0 Å². The highest BCUT2D eigenvalue weighted by atomic mass is 19.2. The summed E-state index contributed by atoms with van der Waals surface area (Å²) in [4.78, 5) is 0. The van der Waals surface area contributed by atoms with Crippen molar-refractivity contribution < 1.29 is 23.0 Å². The van der Waals surface area contributed by atoms with Crippen molar-refractivity contribution in [2.75, 3.05) is 0 Å². The molecule has 0 bridgehead atoms. The molecule has 0 N–H and O–H groups in total. The Morgan fingerprint density at radius 1 is 0.290 bits per heavy atom. The van der Waals surface area contributed by atoms with E-state index in [1.165, 1.54) is 260 Å². The molecule has 0 nitrogen and oxygen atoms in total. The molecular formula is C98H166F2. The first-order valence-corrected chi connectivity index (χ1v) is 43.2. The molecule has 0 heterocycles. The summed E-state index contributed by atoms with van der Waals surface area (Å²) in [5, 5.41) is 0. The lowest BCUT2D eigenvalue weighted by atomic mass is 9.68. The molecule has 10 saturated carbocycles. The molecule has 100 heavy (non-hydrogen) atoms. The molecule has 0 atom stereocenters. The Balaban J connectivity index is 0.00000133. The van der Waals surface area contributed by atoms with Gasteiger partial charge < -0.3 is 0 Å². The normalized spacial score (nSPS) is 34.8. The standard InChI is InChI=1S/C23H34.C21H30.C20H26F2.C20H30.C14H26.10H2/c1-3-4-5-19-8-12-21(13-9-19)23-16-14-22(15-17-23)20-10-6-18(2)7-11-20;1-3-17-6-10-19(11-7-17)21-14-12-20(13-15-21)18-8-4-16(2)5-9-18;1-2-14-3-5-15(6-4-14)16-7-9-17(10-8-16)18-11-12-19(21)20(22)13-18;1-15-3-7-17(8-4-15)19-11-13-20(14-12-19)18-9-5-16(2)6-10-18;1-11-3-7-13(8-4-11)14-9-5-12(2)6-10-14;;;;;;;;;;/h3,6-7,10-11,19,21-23H,1,4-5,8-9,12-17H2,2H3;3-5,8-9,17,19-21H,1,6-7,10-15H2,2H3;2,11-17H,1,3-10H2;3-4,7-8,16,18-20H,5-6,9-14H2,1-2H3;11-14H,3-10H2,1-2H3;10*1H. The van der Waals surface area contributed by atoms with Gasteiger partial charge in [0.1, 0.15) is 0 Å². The average molecular weight is 1380 g/mol. The first kappa shape index (κ1) is 78.5. The number of aryl methyl sites for hydroxylation is 3. The van der Waals surface area contributed by atoms with Gasteiger partial charge in [0.2, 0.25) is 0 Å².